The zero-order valence-corrected chi connectivity index (χ0v) is 13.4. The summed E-state index contributed by atoms with van der Waals surface area (Å²) in [5, 5.41) is 22.1. The first-order valence-electron chi connectivity index (χ1n) is 6.75. The van der Waals surface area contributed by atoms with Gasteiger partial charge in [0.05, 0.1) is 28.0 Å². The number of aliphatic imine (C=N–C) groups is 1. The fourth-order valence-corrected chi connectivity index (χ4v) is 3.82. The van der Waals surface area contributed by atoms with Gasteiger partial charge in [0.2, 0.25) is 0 Å². The SMILES string of the molecule is C=C(O)C1SC(c2cc(C#N)c3cc(Cl)ccc3c2)=NC1C. The van der Waals surface area contributed by atoms with Crippen molar-refractivity contribution < 1.29 is 5.11 Å². The fraction of sp³-hybridized carbons (Fsp3) is 0.176. The maximum atomic E-state index is 9.63. The van der Waals surface area contributed by atoms with E-state index in [-0.39, 0.29) is 17.1 Å². The second kappa shape index (κ2) is 5.68. The molecule has 0 bridgehead atoms. The summed E-state index contributed by atoms with van der Waals surface area (Å²) in [5.74, 6) is 0.129. The lowest BCUT2D eigenvalue weighted by Crippen LogP contribution is -2.15. The van der Waals surface area contributed by atoms with Gasteiger partial charge in [0.1, 0.15) is 5.76 Å². The van der Waals surface area contributed by atoms with Crippen LogP contribution in [0.5, 0.6) is 0 Å². The molecular weight excluding hydrogens is 316 g/mol. The van der Waals surface area contributed by atoms with Crippen molar-refractivity contribution >= 4 is 39.2 Å². The normalized spacial score (nSPS) is 20.7. The molecule has 0 radical (unpaired) electrons. The van der Waals surface area contributed by atoms with E-state index in [9.17, 15) is 10.4 Å². The van der Waals surface area contributed by atoms with Gasteiger partial charge in [-0.1, -0.05) is 36.0 Å². The van der Waals surface area contributed by atoms with Crippen LogP contribution in [0.25, 0.3) is 10.8 Å². The van der Waals surface area contributed by atoms with Crippen LogP contribution in [0, 0.1) is 11.3 Å². The van der Waals surface area contributed by atoms with Crippen molar-refractivity contribution in [2.75, 3.05) is 0 Å². The van der Waals surface area contributed by atoms with E-state index in [1.807, 2.05) is 25.1 Å². The number of fused-ring (bicyclic) bond motifs is 1. The highest BCUT2D eigenvalue weighted by atomic mass is 35.5. The summed E-state index contributed by atoms with van der Waals surface area (Å²) < 4.78 is 0. The summed E-state index contributed by atoms with van der Waals surface area (Å²) in [5.41, 5.74) is 1.45. The molecule has 2 aromatic rings. The van der Waals surface area contributed by atoms with E-state index in [1.54, 1.807) is 12.1 Å². The summed E-state index contributed by atoms with van der Waals surface area (Å²) in [4.78, 5) is 4.58. The zero-order chi connectivity index (χ0) is 15.9. The monoisotopic (exact) mass is 328 g/mol. The number of aliphatic hydroxyl groups is 1. The fourth-order valence-electron chi connectivity index (χ4n) is 2.54. The molecule has 0 aliphatic carbocycles. The minimum absolute atomic E-state index is 0.0380. The van der Waals surface area contributed by atoms with Crippen LogP contribution in [0.2, 0.25) is 5.02 Å². The topological polar surface area (TPSA) is 56.4 Å². The van der Waals surface area contributed by atoms with Gasteiger partial charge in [0.15, 0.2) is 0 Å². The Morgan fingerprint density at radius 1 is 1.41 bits per heavy atom. The number of halogens is 1. The van der Waals surface area contributed by atoms with E-state index >= 15 is 0 Å². The largest absolute Gasteiger partial charge is 0.512 e. The molecule has 3 nitrogen and oxygen atoms in total. The average molecular weight is 329 g/mol. The van der Waals surface area contributed by atoms with Gasteiger partial charge >= 0.3 is 0 Å². The molecule has 0 saturated carbocycles. The van der Waals surface area contributed by atoms with Gasteiger partial charge in [-0.25, -0.2) is 0 Å². The first-order valence-corrected chi connectivity index (χ1v) is 8.01. The minimum atomic E-state index is -0.138. The van der Waals surface area contributed by atoms with Gasteiger partial charge in [0.25, 0.3) is 0 Å². The number of hydrogen-bond donors (Lipinski definition) is 1. The number of thioether (sulfide) groups is 1. The molecule has 0 amide bonds. The molecule has 2 unspecified atom stereocenters. The second-order valence-corrected chi connectivity index (χ2v) is 6.77. The van der Waals surface area contributed by atoms with Crippen molar-refractivity contribution in [2.24, 2.45) is 4.99 Å². The molecule has 0 fully saturated rings. The molecule has 110 valence electrons. The zero-order valence-electron chi connectivity index (χ0n) is 11.9. The maximum absolute atomic E-state index is 9.63. The lowest BCUT2D eigenvalue weighted by molar-refractivity contribution is 0.388. The Hall–Kier alpha value is -1.96. The molecular formula is C17H13ClN2OS. The molecule has 5 heteroatoms. The summed E-state index contributed by atoms with van der Waals surface area (Å²) in [6.45, 7) is 5.55. The number of aliphatic hydroxyl groups excluding tert-OH is 1. The van der Waals surface area contributed by atoms with Crippen LogP contribution in [0.15, 0.2) is 47.7 Å². The second-order valence-electron chi connectivity index (χ2n) is 5.21. The van der Waals surface area contributed by atoms with Crippen LogP contribution < -0.4 is 0 Å². The molecule has 0 spiro atoms. The summed E-state index contributed by atoms with van der Waals surface area (Å²) in [6, 6.07) is 11.5. The van der Waals surface area contributed by atoms with Gasteiger partial charge in [-0.05, 0) is 36.6 Å². The number of nitrogens with zero attached hydrogens (tertiary/aromatic N) is 2. The van der Waals surface area contributed by atoms with E-state index in [0.29, 0.717) is 10.6 Å². The molecule has 0 aromatic heterocycles. The molecule has 1 aliphatic heterocycles. The van der Waals surface area contributed by atoms with Crippen molar-refractivity contribution in [2.45, 2.75) is 18.2 Å². The predicted octanol–water partition coefficient (Wildman–Crippen LogP) is 4.69. The van der Waals surface area contributed by atoms with Crippen LogP contribution >= 0.6 is 23.4 Å². The van der Waals surface area contributed by atoms with Crippen molar-refractivity contribution in [3.05, 3.63) is 58.8 Å². The van der Waals surface area contributed by atoms with Crippen LogP contribution in [0.1, 0.15) is 18.1 Å². The van der Waals surface area contributed by atoms with E-state index in [0.717, 1.165) is 21.4 Å². The molecule has 2 aromatic carbocycles. The quantitative estimate of drug-likeness (QED) is 0.814. The van der Waals surface area contributed by atoms with Gasteiger partial charge in [-0.15, -0.1) is 0 Å². The number of hydrogen-bond acceptors (Lipinski definition) is 4. The Morgan fingerprint density at radius 2 is 2.18 bits per heavy atom. The first kappa shape index (κ1) is 15.0. The maximum Gasteiger partial charge on any atom is 0.101 e. The molecule has 1 heterocycles. The molecule has 0 saturated heterocycles. The molecule has 2 atom stereocenters. The Labute approximate surface area is 137 Å². The lowest BCUT2D eigenvalue weighted by atomic mass is 10.0. The minimum Gasteiger partial charge on any atom is -0.512 e. The van der Waals surface area contributed by atoms with E-state index in [1.165, 1.54) is 11.8 Å². The van der Waals surface area contributed by atoms with E-state index < -0.39 is 0 Å². The van der Waals surface area contributed by atoms with Gasteiger partial charge in [0, 0.05) is 16.0 Å². The highest BCUT2D eigenvalue weighted by Gasteiger charge is 2.30. The van der Waals surface area contributed by atoms with Crippen LogP contribution in [-0.2, 0) is 0 Å². The van der Waals surface area contributed by atoms with Gasteiger partial charge < -0.3 is 5.11 Å². The first-order chi connectivity index (χ1) is 10.5. The summed E-state index contributed by atoms with van der Waals surface area (Å²) >= 11 is 7.49. The van der Waals surface area contributed by atoms with E-state index in [4.69, 9.17) is 11.6 Å². The third kappa shape index (κ3) is 2.58. The Balaban J connectivity index is 2.10. The Kier molecular flexibility index (Phi) is 3.86. The number of nitriles is 1. The van der Waals surface area contributed by atoms with Crippen molar-refractivity contribution in [1.29, 1.82) is 5.26 Å². The lowest BCUT2D eigenvalue weighted by Gasteiger charge is -2.10. The Bertz CT molecular complexity index is 854. The summed E-state index contributed by atoms with van der Waals surface area (Å²) in [7, 11) is 0. The smallest absolute Gasteiger partial charge is 0.101 e. The third-order valence-corrected chi connectivity index (χ3v) is 5.33. The van der Waals surface area contributed by atoms with Crippen molar-refractivity contribution in [1.82, 2.24) is 0 Å². The van der Waals surface area contributed by atoms with Crippen LogP contribution in [-0.4, -0.2) is 21.4 Å². The van der Waals surface area contributed by atoms with E-state index in [2.05, 4.69) is 17.6 Å². The average Bonchev–Trinajstić information content (AvgIpc) is 2.88. The highest BCUT2D eigenvalue weighted by Crippen LogP contribution is 2.35. The summed E-state index contributed by atoms with van der Waals surface area (Å²) in [6.07, 6.45) is 0. The third-order valence-electron chi connectivity index (χ3n) is 3.61. The number of benzene rings is 2. The van der Waals surface area contributed by atoms with Gasteiger partial charge in [-0.2, -0.15) is 5.26 Å². The highest BCUT2D eigenvalue weighted by molar-refractivity contribution is 8.15. The molecule has 1 aliphatic rings. The molecule has 22 heavy (non-hydrogen) atoms. The molecule has 3 rings (SSSR count). The van der Waals surface area contributed by atoms with Crippen LogP contribution in [0.4, 0.5) is 0 Å². The van der Waals surface area contributed by atoms with Crippen molar-refractivity contribution in [3.8, 4) is 6.07 Å². The predicted molar refractivity (Wildman–Crippen MR) is 92.8 cm³/mol. The van der Waals surface area contributed by atoms with Crippen LogP contribution in [0.3, 0.4) is 0 Å². The number of rotatable bonds is 2. The standard InChI is InChI=1S/C17H13ClN2OS/c1-9-16(10(2)21)22-17(20-9)12-5-11-3-4-14(18)7-15(11)13(6-12)8-19/h3-7,9,16,21H,2H2,1H3. The Morgan fingerprint density at radius 3 is 2.82 bits per heavy atom. The van der Waals surface area contributed by atoms with Gasteiger partial charge in [-0.3, -0.25) is 4.99 Å². The van der Waals surface area contributed by atoms with Crippen molar-refractivity contribution in [3.63, 3.8) is 0 Å². The molecule has 1 N–H and O–H groups in total.